The van der Waals surface area contributed by atoms with Crippen molar-refractivity contribution < 1.29 is 9.59 Å². The summed E-state index contributed by atoms with van der Waals surface area (Å²) in [5.41, 5.74) is 5.80. The maximum Gasteiger partial charge on any atom is 0.254 e. The number of nitrogens with one attached hydrogen (secondary N) is 3. The van der Waals surface area contributed by atoms with Crippen molar-refractivity contribution in [3.63, 3.8) is 0 Å². The molecule has 3 aliphatic rings. The van der Waals surface area contributed by atoms with E-state index in [4.69, 9.17) is 18.1 Å². The van der Waals surface area contributed by atoms with Crippen LogP contribution in [0.1, 0.15) is 58.6 Å². The van der Waals surface area contributed by atoms with E-state index in [1.807, 2.05) is 17.9 Å². The first kappa shape index (κ1) is 23.1. The number of nitrogens with zero attached hydrogens (tertiary/aromatic N) is 3. The molecule has 5 N–H and O–H groups in total. The molecule has 11 heteroatoms. The molecule has 9 nitrogen and oxygen atoms in total. The molecule has 2 fully saturated rings. The number of carbonyl (C=O) groups is 2. The smallest absolute Gasteiger partial charge is 0.254 e. The van der Waals surface area contributed by atoms with Gasteiger partial charge in [0.2, 0.25) is 5.91 Å². The Kier molecular flexibility index (Phi) is 6.50. The number of carbonyl (C=O) groups excluding carboxylic acids is 2. The number of hydrogen-bond donors (Lipinski definition) is 4. The van der Waals surface area contributed by atoms with E-state index in [1.54, 1.807) is 6.20 Å². The predicted octanol–water partition coefficient (Wildman–Crippen LogP) is 2.45. The highest BCUT2D eigenvalue weighted by Crippen LogP contribution is 2.41. The molecule has 2 aromatic heterocycles. The summed E-state index contributed by atoms with van der Waals surface area (Å²) in [7, 11) is 0. The summed E-state index contributed by atoms with van der Waals surface area (Å²) < 4.78 is 0. The van der Waals surface area contributed by atoms with Crippen LogP contribution in [0.4, 0.5) is 10.7 Å². The summed E-state index contributed by atoms with van der Waals surface area (Å²) in [6.45, 7) is 2.56. The molecule has 2 heterocycles. The monoisotopic (exact) mass is 499 g/mol. The minimum atomic E-state index is -0.107. The standard InChI is InChI=1S/C23H29N7O2S2/c1-12-17(8-9-26-29-12)30(23(33)28-24)15-6-7-18-16(10-15)19(21(32)25-11-13-2-3-13)22(34-18)27-20(31)14-4-5-14/h8-9,13-15H,2-7,10-11,24H2,1H3,(H,25,32)(H,27,31)(H,28,33)/t15-/m0/s1. The molecule has 2 aromatic rings. The van der Waals surface area contributed by atoms with Crippen LogP contribution in [-0.4, -0.2) is 39.7 Å². The van der Waals surface area contributed by atoms with Gasteiger partial charge in [-0.15, -0.1) is 11.3 Å². The highest BCUT2D eigenvalue weighted by Gasteiger charge is 2.36. The maximum atomic E-state index is 13.3. The predicted molar refractivity (Wildman–Crippen MR) is 136 cm³/mol. The lowest BCUT2D eigenvalue weighted by molar-refractivity contribution is -0.117. The number of amides is 2. The van der Waals surface area contributed by atoms with Crippen molar-refractivity contribution >= 4 is 51.2 Å². The van der Waals surface area contributed by atoms with E-state index in [9.17, 15) is 9.59 Å². The average molecular weight is 500 g/mol. The normalized spacial score (nSPS) is 19.2. The SMILES string of the molecule is Cc1nnccc1N(C(=S)NN)[C@H]1CCc2sc(NC(=O)C3CC3)c(C(=O)NCC3CC3)c2C1. The molecule has 180 valence electrons. The van der Waals surface area contributed by atoms with Crippen LogP contribution < -0.4 is 26.8 Å². The largest absolute Gasteiger partial charge is 0.352 e. The summed E-state index contributed by atoms with van der Waals surface area (Å²) in [5.74, 6) is 6.27. The molecule has 3 aliphatic carbocycles. The number of aryl methyl sites for hydroxylation is 2. The van der Waals surface area contributed by atoms with Gasteiger partial charge in [-0.3, -0.25) is 9.59 Å². The summed E-state index contributed by atoms with van der Waals surface area (Å²) in [6, 6.07) is 1.86. The second-order valence-corrected chi connectivity index (χ2v) is 10.8. The van der Waals surface area contributed by atoms with Crippen LogP contribution in [0, 0.1) is 18.8 Å². The van der Waals surface area contributed by atoms with Gasteiger partial charge in [-0.25, -0.2) is 5.84 Å². The fraction of sp³-hybridized carbons (Fsp3) is 0.522. The van der Waals surface area contributed by atoms with Crippen LogP contribution in [0.2, 0.25) is 0 Å². The van der Waals surface area contributed by atoms with E-state index in [0.29, 0.717) is 34.6 Å². The second-order valence-electron chi connectivity index (χ2n) is 9.34. The van der Waals surface area contributed by atoms with Crippen LogP contribution >= 0.6 is 23.6 Å². The summed E-state index contributed by atoms with van der Waals surface area (Å²) in [6.07, 6.45) is 8.02. The Morgan fingerprint density at radius 3 is 2.74 bits per heavy atom. The Labute approximate surface area is 207 Å². The molecule has 2 amide bonds. The number of hydrogen-bond acceptors (Lipinski definition) is 7. The number of thiocarbonyl (C=S) groups is 1. The third-order valence-corrected chi connectivity index (χ3v) is 8.26. The number of fused-ring (bicyclic) bond motifs is 1. The molecule has 5 rings (SSSR count). The van der Waals surface area contributed by atoms with Crippen molar-refractivity contribution in [3.8, 4) is 0 Å². The lowest BCUT2D eigenvalue weighted by Gasteiger charge is -2.36. The Bertz CT molecular complexity index is 1130. The van der Waals surface area contributed by atoms with Gasteiger partial charge in [-0.1, -0.05) is 0 Å². The van der Waals surface area contributed by atoms with Gasteiger partial charge in [0.1, 0.15) is 5.00 Å². The molecule has 0 saturated heterocycles. The molecular formula is C23H29N7O2S2. The van der Waals surface area contributed by atoms with Gasteiger partial charge >= 0.3 is 0 Å². The van der Waals surface area contributed by atoms with Crippen molar-refractivity contribution in [2.45, 2.75) is 57.9 Å². The zero-order chi connectivity index (χ0) is 23.8. The molecule has 0 spiro atoms. The number of thiophene rings is 1. The van der Waals surface area contributed by atoms with Crippen LogP contribution in [0.15, 0.2) is 12.3 Å². The van der Waals surface area contributed by atoms with E-state index in [1.165, 1.54) is 11.3 Å². The lowest BCUT2D eigenvalue weighted by atomic mass is 9.90. The topological polar surface area (TPSA) is 125 Å². The van der Waals surface area contributed by atoms with Gasteiger partial charge in [0.25, 0.3) is 5.91 Å². The van der Waals surface area contributed by atoms with Crippen molar-refractivity contribution in [1.29, 1.82) is 0 Å². The first-order valence-corrected chi connectivity index (χ1v) is 13.0. The first-order chi connectivity index (χ1) is 16.5. The highest BCUT2D eigenvalue weighted by atomic mass is 32.1. The summed E-state index contributed by atoms with van der Waals surface area (Å²) >= 11 is 7.10. The van der Waals surface area contributed by atoms with E-state index in [-0.39, 0.29) is 23.8 Å². The maximum absolute atomic E-state index is 13.3. The minimum Gasteiger partial charge on any atom is -0.352 e. The number of nitrogens with two attached hydrogens (primary N) is 1. The molecule has 34 heavy (non-hydrogen) atoms. The number of rotatable bonds is 7. The Morgan fingerprint density at radius 1 is 1.26 bits per heavy atom. The van der Waals surface area contributed by atoms with Crippen LogP contribution in [-0.2, 0) is 17.6 Å². The van der Waals surface area contributed by atoms with Gasteiger partial charge in [0.15, 0.2) is 5.11 Å². The zero-order valence-electron chi connectivity index (χ0n) is 19.1. The van der Waals surface area contributed by atoms with Gasteiger partial charge in [-0.2, -0.15) is 10.2 Å². The van der Waals surface area contributed by atoms with Crippen LogP contribution in [0.3, 0.4) is 0 Å². The lowest BCUT2D eigenvalue weighted by Crippen LogP contribution is -2.51. The number of hydrazine groups is 1. The molecular weight excluding hydrogens is 470 g/mol. The third kappa shape index (κ3) is 4.77. The Balaban J connectivity index is 1.47. The number of aromatic nitrogens is 2. The van der Waals surface area contributed by atoms with Crippen molar-refractivity contribution in [2.24, 2.45) is 17.7 Å². The molecule has 0 aromatic carbocycles. The highest BCUT2D eigenvalue weighted by molar-refractivity contribution is 7.80. The van der Waals surface area contributed by atoms with Crippen molar-refractivity contribution in [1.82, 2.24) is 20.9 Å². The van der Waals surface area contributed by atoms with Crippen molar-refractivity contribution in [2.75, 3.05) is 16.8 Å². The quantitative estimate of drug-likeness (QED) is 0.260. The van der Waals surface area contributed by atoms with E-state index in [2.05, 4.69) is 26.3 Å². The second kappa shape index (κ2) is 9.55. The summed E-state index contributed by atoms with van der Waals surface area (Å²) in [4.78, 5) is 29.0. The number of anilines is 2. The fourth-order valence-corrected chi connectivity index (χ4v) is 6.00. The fourth-order valence-electron chi connectivity index (χ4n) is 4.51. The molecule has 2 saturated carbocycles. The van der Waals surface area contributed by atoms with Crippen LogP contribution in [0.25, 0.3) is 0 Å². The molecule has 0 aliphatic heterocycles. The molecule has 0 radical (unpaired) electrons. The van der Waals surface area contributed by atoms with Gasteiger partial charge in [0, 0.05) is 23.4 Å². The van der Waals surface area contributed by atoms with Gasteiger partial charge in [0.05, 0.1) is 23.1 Å². The van der Waals surface area contributed by atoms with E-state index < -0.39 is 0 Å². The molecule has 0 unspecified atom stereocenters. The first-order valence-electron chi connectivity index (χ1n) is 11.8. The van der Waals surface area contributed by atoms with Crippen molar-refractivity contribution in [3.05, 3.63) is 34.0 Å². The zero-order valence-corrected chi connectivity index (χ0v) is 20.7. The van der Waals surface area contributed by atoms with E-state index in [0.717, 1.165) is 60.3 Å². The minimum absolute atomic E-state index is 0.0139. The average Bonchev–Trinajstić information content (AvgIpc) is 3.75. The van der Waals surface area contributed by atoms with Gasteiger partial charge in [-0.05, 0) is 81.6 Å². The van der Waals surface area contributed by atoms with E-state index >= 15 is 0 Å². The van der Waals surface area contributed by atoms with Gasteiger partial charge < -0.3 is 21.0 Å². The van der Waals surface area contributed by atoms with Crippen LogP contribution in [0.5, 0.6) is 0 Å². The third-order valence-electron chi connectivity index (χ3n) is 6.74. The Morgan fingerprint density at radius 2 is 2.06 bits per heavy atom. The Hall–Kier alpha value is -2.63. The summed E-state index contributed by atoms with van der Waals surface area (Å²) in [5, 5.41) is 15.4. The molecule has 0 bridgehead atoms. The molecule has 1 atom stereocenters.